The van der Waals surface area contributed by atoms with Crippen molar-refractivity contribution in [2.45, 2.75) is 6.92 Å². The van der Waals surface area contributed by atoms with Crippen molar-refractivity contribution >= 4 is 23.5 Å². The van der Waals surface area contributed by atoms with Crippen LogP contribution in [0.5, 0.6) is 0 Å². The largest absolute Gasteiger partial charge is 0.343 e. The highest BCUT2D eigenvalue weighted by molar-refractivity contribution is 5.97. The van der Waals surface area contributed by atoms with Crippen LogP contribution in [0.1, 0.15) is 16.1 Å². The lowest BCUT2D eigenvalue weighted by molar-refractivity contribution is -0.132. The number of hydrogen-bond acceptors (Lipinski definition) is 4. The van der Waals surface area contributed by atoms with Gasteiger partial charge in [-0.15, -0.1) is 0 Å². The van der Waals surface area contributed by atoms with Gasteiger partial charge in [-0.1, -0.05) is 24.3 Å². The number of anilines is 1. The number of rotatable bonds is 6. The monoisotopic (exact) mass is 340 g/mol. The lowest BCUT2D eigenvalue weighted by Crippen LogP contribution is -2.41. The van der Waals surface area contributed by atoms with Crippen LogP contribution in [0.3, 0.4) is 0 Å². The first-order valence-electron chi connectivity index (χ1n) is 7.76. The maximum Gasteiger partial charge on any atom is 0.251 e. The molecule has 1 aromatic carbocycles. The molecule has 0 saturated heterocycles. The molecule has 0 atom stereocenters. The normalized spacial score (nSPS) is 10.0. The van der Waals surface area contributed by atoms with Gasteiger partial charge in [0.25, 0.3) is 5.91 Å². The predicted octanol–water partition coefficient (Wildman–Crippen LogP) is 1.22. The highest BCUT2D eigenvalue weighted by Crippen LogP contribution is 2.03. The Labute approximate surface area is 146 Å². The second-order valence-electron chi connectivity index (χ2n) is 5.51. The van der Waals surface area contributed by atoms with Gasteiger partial charge >= 0.3 is 0 Å². The van der Waals surface area contributed by atoms with Crippen LogP contribution in [0.2, 0.25) is 0 Å². The van der Waals surface area contributed by atoms with Crippen molar-refractivity contribution in [1.82, 2.24) is 15.2 Å². The van der Waals surface area contributed by atoms with Gasteiger partial charge in [-0.25, -0.2) is 4.98 Å². The van der Waals surface area contributed by atoms with Gasteiger partial charge in [0, 0.05) is 18.3 Å². The standard InChI is InChI=1S/C18H20N4O3/c1-13-7-6-10-15(20-13)21-16(23)12-22(2)17(24)11-19-18(25)14-8-4-3-5-9-14/h3-10H,11-12H2,1-2H3,(H,19,25)(H,20,21,23). The number of aryl methyl sites for hydroxylation is 1. The number of nitrogens with one attached hydrogen (secondary N) is 2. The fourth-order valence-electron chi connectivity index (χ4n) is 2.08. The molecule has 25 heavy (non-hydrogen) atoms. The summed E-state index contributed by atoms with van der Waals surface area (Å²) in [4.78, 5) is 41.3. The average Bonchev–Trinajstić information content (AvgIpc) is 2.59. The number of pyridine rings is 1. The smallest absolute Gasteiger partial charge is 0.251 e. The highest BCUT2D eigenvalue weighted by Gasteiger charge is 2.15. The summed E-state index contributed by atoms with van der Waals surface area (Å²) in [6.07, 6.45) is 0. The number of carbonyl (C=O) groups is 3. The van der Waals surface area contributed by atoms with Gasteiger partial charge < -0.3 is 15.5 Å². The zero-order valence-electron chi connectivity index (χ0n) is 14.2. The first-order chi connectivity index (χ1) is 12.0. The summed E-state index contributed by atoms with van der Waals surface area (Å²) in [5.41, 5.74) is 1.26. The zero-order valence-corrected chi connectivity index (χ0v) is 14.2. The van der Waals surface area contributed by atoms with Gasteiger partial charge in [-0.05, 0) is 31.2 Å². The molecule has 7 heteroatoms. The van der Waals surface area contributed by atoms with E-state index in [1.807, 2.05) is 13.0 Å². The molecule has 0 radical (unpaired) electrons. The minimum Gasteiger partial charge on any atom is -0.343 e. The van der Waals surface area contributed by atoms with Crippen LogP contribution in [0, 0.1) is 6.92 Å². The summed E-state index contributed by atoms with van der Waals surface area (Å²) >= 11 is 0. The van der Waals surface area contributed by atoms with Gasteiger partial charge in [0.05, 0.1) is 13.1 Å². The van der Waals surface area contributed by atoms with Gasteiger partial charge in [0.15, 0.2) is 0 Å². The van der Waals surface area contributed by atoms with Crippen LogP contribution in [-0.4, -0.2) is 47.7 Å². The number of carbonyl (C=O) groups excluding carboxylic acids is 3. The quantitative estimate of drug-likeness (QED) is 0.827. The number of likely N-dealkylation sites (N-methyl/N-ethyl adjacent to an activating group) is 1. The van der Waals surface area contributed by atoms with Gasteiger partial charge in [-0.3, -0.25) is 14.4 Å². The van der Waals surface area contributed by atoms with E-state index in [0.29, 0.717) is 11.4 Å². The van der Waals surface area contributed by atoms with Crippen LogP contribution in [0.15, 0.2) is 48.5 Å². The molecule has 0 spiro atoms. The Kier molecular flexibility index (Phi) is 6.22. The van der Waals surface area contributed by atoms with Crippen LogP contribution < -0.4 is 10.6 Å². The fourth-order valence-corrected chi connectivity index (χ4v) is 2.08. The van der Waals surface area contributed by atoms with Gasteiger partial charge in [0.2, 0.25) is 11.8 Å². The van der Waals surface area contributed by atoms with Crippen LogP contribution in [0.4, 0.5) is 5.82 Å². The number of hydrogen-bond donors (Lipinski definition) is 2. The third-order valence-electron chi connectivity index (χ3n) is 3.40. The third kappa shape index (κ3) is 5.72. The SMILES string of the molecule is Cc1cccc(NC(=O)CN(C)C(=O)CNC(=O)c2ccccc2)n1. The molecule has 0 aliphatic rings. The minimum absolute atomic E-state index is 0.129. The Bertz CT molecular complexity index is 762. The van der Waals surface area contributed by atoms with E-state index in [-0.39, 0.29) is 30.8 Å². The number of nitrogens with zero attached hydrogens (tertiary/aromatic N) is 2. The third-order valence-corrected chi connectivity index (χ3v) is 3.40. The van der Waals surface area contributed by atoms with Crippen molar-refractivity contribution in [3.8, 4) is 0 Å². The number of amides is 3. The predicted molar refractivity (Wildman–Crippen MR) is 94.0 cm³/mol. The molecule has 3 amide bonds. The van der Waals surface area contributed by atoms with Crippen LogP contribution >= 0.6 is 0 Å². The maximum atomic E-state index is 12.0. The Morgan fingerprint density at radius 1 is 1.04 bits per heavy atom. The molecule has 7 nitrogen and oxygen atoms in total. The summed E-state index contributed by atoms with van der Waals surface area (Å²) in [6, 6.07) is 13.9. The highest BCUT2D eigenvalue weighted by atomic mass is 16.2. The Morgan fingerprint density at radius 3 is 2.44 bits per heavy atom. The van der Waals surface area contributed by atoms with Crippen molar-refractivity contribution in [3.63, 3.8) is 0 Å². The lowest BCUT2D eigenvalue weighted by Gasteiger charge is -2.17. The maximum absolute atomic E-state index is 12.0. The van der Waals surface area contributed by atoms with E-state index >= 15 is 0 Å². The lowest BCUT2D eigenvalue weighted by atomic mass is 10.2. The molecule has 0 aliphatic carbocycles. The zero-order chi connectivity index (χ0) is 18.2. The molecule has 2 rings (SSSR count). The first-order valence-corrected chi connectivity index (χ1v) is 7.76. The molecule has 0 aliphatic heterocycles. The van der Waals surface area contributed by atoms with E-state index in [4.69, 9.17) is 0 Å². The Balaban J connectivity index is 1.79. The second kappa shape index (κ2) is 8.58. The number of benzene rings is 1. The van der Waals surface area contributed by atoms with Crippen molar-refractivity contribution in [1.29, 1.82) is 0 Å². The van der Waals surface area contributed by atoms with E-state index in [1.165, 1.54) is 11.9 Å². The van der Waals surface area contributed by atoms with Crippen molar-refractivity contribution in [3.05, 3.63) is 59.8 Å². The molecule has 1 aromatic heterocycles. The summed E-state index contributed by atoms with van der Waals surface area (Å²) < 4.78 is 0. The fraction of sp³-hybridized carbons (Fsp3) is 0.222. The van der Waals surface area contributed by atoms with Crippen LogP contribution in [-0.2, 0) is 9.59 Å². The molecule has 0 saturated carbocycles. The van der Waals surface area contributed by atoms with E-state index in [0.717, 1.165) is 5.69 Å². The van der Waals surface area contributed by atoms with Gasteiger partial charge in [-0.2, -0.15) is 0 Å². The molecule has 0 unspecified atom stereocenters. The minimum atomic E-state index is -0.364. The van der Waals surface area contributed by atoms with Gasteiger partial charge in [0.1, 0.15) is 5.82 Å². The van der Waals surface area contributed by atoms with Crippen molar-refractivity contribution in [2.24, 2.45) is 0 Å². The second-order valence-corrected chi connectivity index (χ2v) is 5.51. The van der Waals surface area contributed by atoms with E-state index < -0.39 is 0 Å². The Morgan fingerprint density at radius 2 is 1.76 bits per heavy atom. The van der Waals surface area contributed by atoms with Crippen LogP contribution in [0.25, 0.3) is 0 Å². The first kappa shape index (κ1) is 18.1. The molecular weight excluding hydrogens is 320 g/mol. The number of aromatic nitrogens is 1. The van der Waals surface area contributed by atoms with E-state index in [9.17, 15) is 14.4 Å². The average molecular weight is 340 g/mol. The van der Waals surface area contributed by atoms with Crippen molar-refractivity contribution in [2.75, 3.05) is 25.5 Å². The Hall–Kier alpha value is -3.22. The summed E-state index contributed by atoms with van der Waals surface area (Å²) in [5.74, 6) is -0.626. The summed E-state index contributed by atoms with van der Waals surface area (Å²) in [5, 5.41) is 5.16. The molecular formula is C18H20N4O3. The van der Waals surface area contributed by atoms with Crippen molar-refractivity contribution < 1.29 is 14.4 Å². The summed E-state index contributed by atoms with van der Waals surface area (Å²) in [6.45, 7) is 1.51. The molecule has 1 heterocycles. The topological polar surface area (TPSA) is 91.4 Å². The molecule has 2 N–H and O–H groups in total. The van der Waals surface area contributed by atoms with E-state index in [2.05, 4.69) is 15.6 Å². The molecule has 0 bridgehead atoms. The summed E-state index contributed by atoms with van der Waals surface area (Å²) in [7, 11) is 1.50. The molecule has 130 valence electrons. The molecule has 2 aromatic rings. The molecule has 0 fully saturated rings. The van der Waals surface area contributed by atoms with E-state index in [1.54, 1.807) is 42.5 Å².